The Morgan fingerprint density at radius 1 is 0.405 bits per heavy atom. The summed E-state index contributed by atoms with van der Waals surface area (Å²) in [4.78, 5) is 0. The highest BCUT2D eigenvalue weighted by Crippen LogP contribution is 2.54. The fraction of sp³-hybridized carbons (Fsp3) is 0. The lowest BCUT2D eigenvalue weighted by Crippen LogP contribution is -1.95. The average Bonchev–Trinajstić information content (AvgIpc) is 3.53. The van der Waals surface area contributed by atoms with Gasteiger partial charge in [0.05, 0.1) is 34.4 Å². The summed E-state index contributed by atoms with van der Waals surface area (Å²) in [5, 5.41) is 78.6. The van der Waals surface area contributed by atoms with Gasteiger partial charge in [-0.05, 0) is 58.7 Å². The molecule has 0 aromatic heterocycles. The summed E-state index contributed by atoms with van der Waals surface area (Å²) < 4.78 is 0. The van der Waals surface area contributed by atoms with Gasteiger partial charge >= 0.3 is 0 Å². The van der Waals surface area contributed by atoms with Crippen LogP contribution in [0.1, 0.15) is 44.5 Å². The van der Waals surface area contributed by atoms with Crippen molar-refractivity contribution in [1.29, 1.82) is 42.1 Å². The van der Waals surface area contributed by atoms with E-state index in [1.165, 1.54) is 0 Å². The van der Waals surface area contributed by atoms with Crippen molar-refractivity contribution in [3.63, 3.8) is 0 Å². The minimum Gasteiger partial charge on any atom is -0.192 e. The molecule has 0 radical (unpaired) electrons. The van der Waals surface area contributed by atoms with Crippen LogP contribution in [0.5, 0.6) is 0 Å². The van der Waals surface area contributed by atoms with E-state index in [-0.39, 0.29) is 33.4 Å². The Bertz CT molecular complexity index is 2040. The van der Waals surface area contributed by atoms with Crippen LogP contribution in [-0.2, 0) is 0 Å². The fourth-order valence-electron chi connectivity index (χ4n) is 5.24. The van der Waals surface area contributed by atoms with Gasteiger partial charge in [0.1, 0.15) is 47.6 Å². The molecule has 0 spiro atoms. The topological polar surface area (TPSA) is 190 Å². The van der Waals surface area contributed by atoms with Gasteiger partial charge in [-0.25, -0.2) is 0 Å². The van der Waals surface area contributed by atoms with Crippen LogP contribution in [0, 0.1) is 90.6 Å². The number of nitriles is 8. The third-order valence-corrected chi connectivity index (χ3v) is 7.01. The van der Waals surface area contributed by atoms with Gasteiger partial charge in [0.25, 0.3) is 0 Å². The van der Waals surface area contributed by atoms with Crippen molar-refractivity contribution < 1.29 is 0 Å². The minimum absolute atomic E-state index is 0.149. The van der Waals surface area contributed by atoms with Gasteiger partial charge < -0.3 is 0 Å². The maximum atomic E-state index is 10.3. The van der Waals surface area contributed by atoms with Crippen molar-refractivity contribution in [2.45, 2.75) is 0 Å². The Morgan fingerprint density at radius 2 is 0.738 bits per heavy atom. The maximum absolute atomic E-state index is 10.3. The molecule has 2 aliphatic carbocycles. The van der Waals surface area contributed by atoms with Crippen LogP contribution < -0.4 is 0 Å². The van der Waals surface area contributed by atoms with Crippen LogP contribution in [0.2, 0.25) is 0 Å². The Hall–Kier alpha value is -7.46. The van der Waals surface area contributed by atoms with Crippen molar-refractivity contribution in [3.8, 4) is 48.6 Å². The predicted octanol–water partition coefficient (Wildman–Crippen LogP) is 5.93. The molecule has 186 valence electrons. The standard InChI is InChI=1S/C34H10N8/c35-11-19-1-5-21(6-2-19)31-29(17-41)25-9-28-26(10-27(25)33(31)23(13-37)14-38)30(18-42)32(34(28)24(15-39)16-40)22-7-3-20(12-36)4-8-22/h1-10H. The minimum atomic E-state index is -0.251. The second-order valence-corrected chi connectivity index (χ2v) is 8.99. The first kappa shape index (κ1) is 26.2. The molecule has 3 aromatic rings. The van der Waals surface area contributed by atoms with Gasteiger partial charge in [-0.3, -0.25) is 0 Å². The third-order valence-electron chi connectivity index (χ3n) is 7.01. The van der Waals surface area contributed by atoms with Crippen molar-refractivity contribution in [2.75, 3.05) is 0 Å². The Morgan fingerprint density at radius 3 is 1.00 bits per heavy atom. The van der Waals surface area contributed by atoms with E-state index in [4.69, 9.17) is 0 Å². The summed E-state index contributed by atoms with van der Waals surface area (Å²) in [7, 11) is 0. The number of fused-ring (bicyclic) bond motifs is 2. The average molecular weight is 531 g/mol. The van der Waals surface area contributed by atoms with Crippen LogP contribution >= 0.6 is 0 Å². The molecule has 0 heterocycles. The van der Waals surface area contributed by atoms with Crippen LogP contribution in [0.25, 0.3) is 33.4 Å². The van der Waals surface area contributed by atoms with E-state index in [0.29, 0.717) is 55.7 Å². The number of allylic oxidation sites excluding steroid dienone is 8. The van der Waals surface area contributed by atoms with Gasteiger partial charge in [-0.1, -0.05) is 24.3 Å². The van der Waals surface area contributed by atoms with Crippen molar-refractivity contribution in [3.05, 3.63) is 116 Å². The molecule has 42 heavy (non-hydrogen) atoms. The smallest absolute Gasteiger partial charge is 0.138 e. The van der Waals surface area contributed by atoms with Crippen LogP contribution in [0.15, 0.2) is 71.8 Å². The van der Waals surface area contributed by atoms with Crippen LogP contribution in [0.4, 0.5) is 0 Å². The molecule has 2 aliphatic rings. The quantitative estimate of drug-likeness (QED) is 0.364. The zero-order valence-corrected chi connectivity index (χ0v) is 21.4. The zero-order chi connectivity index (χ0) is 30.0. The van der Waals surface area contributed by atoms with E-state index >= 15 is 0 Å². The van der Waals surface area contributed by atoms with Gasteiger partial charge in [0, 0.05) is 33.4 Å². The molecule has 0 amide bonds. The number of rotatable bonds is 2. The summed E-state index contributed by atoms with van der Waals surface area (Å²) >= 11 is 0. The molecule has 3 aromatic carbocycles. The molecule has 0 N–H and O–H groups in total. The van der Waals surface area contributed by atoms with Gasteiger partial charge in [-0.2, -0.15) is 42.1 Å². The molecule has 0 atom stereocenters. The lowest BCUT2D eigenvalue weighted by Gasteiger charge is -2.11. The Kier molecular flexibility index (Phi) is 6.45. The number of nitrogens with zero attached hydrogens (tertiary/aromatic N) is 8. The summed E-state index contributed by atoms with van der Waals surface area (Å²) in [6, 6.07) is 32.0. The lowest BCUT2D eigenvalue weighted by atomic mass is 9.90. The van der Waals surface area contributed by atoms with E-state index in [2.05, 4.69) is 12.1 Å². The predicted molar refractivity (Wildman–Crippen MR) is 150 cm³/mol. The fourth-order valence-corrected chi connectivity index (χ4v) is 5.24. The third kappa shape index (κ3) is 3.78. The van der Waals surface area contributed by atoms with E-state index < -0.39 is 0 Å². The highest BCUT2D eigenvalue weighted by Gasteiger charge is 2.37. The van der Waals surface area contributed by atoms with Crippen molar-refractivity contribution in [2.24, 2.45) is 0 Å². The monoisotopic (exact) mass is 530 g/mol. The Balaban J connectivity index is 1.90. The molecule has 0 aliphatic heterocycles. The lowest BCUT2D eigenvalue weighted by molar-refractivity contribution is 1.44. The number of hydrogen-bond donors (Lipinski definition) is 0. The van der Waals surface area contributed by atoms with Crippen LogP contribution in [-0.4, -0.2) is 0 Å². The highest BCUT2D eigenvalue weighted by molar-refractivity contribution is 6.29. The molecular weight excluding hydrogens is 520 g/mol. The highest BCUT2D eigenvalue weighted by atomic mass is 14.4. The summed E-state index contributed by atoms with van der Waals surface area (Å²) in [5.41, 5.74) is 4.06. The first-order valence-electron chi connectivity index (χ1n) is 12.1. The van der Waals surface area contributed by atoms with Crippen molar-refractivity contribution in [1.82, 2.24) is 0 Å². The SMILES string of the molecule is N#CC(C#N)=C1C(c2ccc(C#N)cc2)=C(C#N)c2cc3c(cc21)C(C#N)=C(c1ccc(C#N)cc1)C3=C(C#N)C#N. The van der Waals surface area contributed by atoms with Gasteiger partial charge in [0.2, 0.25) is 0 Å². The van der Waals surface area contributed by atoms with E-state index in [0.717, 1.165) is 0 Å². The summed E-state index contributed by atoms with van der Waals surface area (Å²) in [5.74, 6) is 0. The molecule has 8 heteroatoms. The van der Waals surface area contributed by atoms with Crippen LogP contribution in [0.3, 0.4) is 0 Å². The molecule has 0 fully saturated rings. The molecular formula is C34H10N8. The normalized spacial score (nSPS) is 12.3. The molecule has 8 nitrogen and oxygen atoms in total. The van der Waals surface area contributed by atoms with E-state index in [1.807, 2.05) is 36.4 Å². The molecule has 0 saturated carbocycles. The first-order valence-corrected chi connectivity index (χ1v) is 12.1. The molecule has 0 bridgehead atoms. The number of benzene rings is 3. The second kappa shape index (κ2) is 10.4. The maximum Gasteiger partial charge on any atom is 0.138 e. The summed E-state index contributed by atoms with van der Waals surface area (Å²) in [6.07, 6.45) is 0. The van der Waals surface area contributed by atoms with E-state index in [9.17, 15) is 42.1 Å². The molecule has 0 unspecified atom stereocenters. The molecule has 5 rings (SSSR count). The van der Waals surface area contributed by atoms with Gasteiger partial charge in [0.15, 0.2) is 0 Å². The largest absolute Gasteiger partial charge is 0.192 e. The zero-order valence-electron chi connectivity index (χ0n) is 21.4. The van der Waals surface area contributed by atoms with Gasteiger partial charge in [-0.15, -0.1) is 0 Å². The number of hydrogen-bond acceptors (Lipinski definition) is 8. The van der Waals surface area contributed by atoms with Crippen molar-refractivity contribution >= 4 is 33.4 Å². The Labute approximate surface area is 240 Å². The summed E-state index contributed by atoms with van der Waals surface area (Å²) in [6.45, 7) is 0. The first-order chi connectivity index (χ1) is 20.5. The van der Waals surface area contributed by atoms with E-state index in [1.54, 1.807) is 60.7 Å². The molecule has 0 saturated heterocycles. The second-order valence-electron chi connectivity index (χ2n) is 8.99.